The maximum Gasteiger partial charge on any atom is 0.166 e. The molecule has 124 valence electrons. The minimum absolute atomic E-state index is 0. The van der Waals surface area contributed by atoms with Crippen molar-refractivity contribution in [3.05, 3.63) is 58.6 Å². The van der Waals surface area contributed by atoms with E-state index in [0.717, 1.165) is 34.2 Å². The van der Waals surface area contributed by atoms with Crippen LogP contribution in [0.4, 0.5) is 0 Å². The fraction of sp³-hybridized carbons (Fsp3) is 0.333. The second-order valence-electron chi connectivity index (χ2n) is 5.48. The van der Waals surface area contributed by atoms with Gasteiger partial charge in [0.1, 0.15) is 6.61 Å². The van der Waals surface area contributed by atoms with Crippen LogP contribution in [0.25, 0.3) is 0 Å². The number of ether oxygens (including phenoxy) is 2. The Labute approximate surface area is 148 Å². The highest BCUT2D eigenvalue weighted by Crippen LogP contribution is 2.33. The number of nitrogens with one attached hydrogen (secondary N) is 1. The van der Waals surface area contributed by atoms with Crippen LogP contribution in [0.15, 0.2) is 42.5 Å². The third-order valence-corrected chi connectivity index (χ3v) is 4.14. The molecule has 1 saturated carbocycles. The van der Waals surface area contributed by atoms with Crippen molar-refractivity contribution in [1.82, 2.24) is 5.32 Å². The SMILES string of the molecule is COc1cccc(CNC2CC2)c1OCc1ccccc1Cl.Cl. The summed E-state index contributed by atoms with van der Waals surface area (Å²) in [5.41, 5.74) is 2.08. The summed E-state index contributed by atoms with van der Waals surface area (Å²) in [4.78, 5) is 0. The summed E-state index contributed by atoms with van der Waals surface area (Å²) >= 11 is 6.19. The van der Waals surface area contributed by atoms with Gasteiger partial charge >= 0.3 is 0 Å². The quantitative estimate of drug-likeness (QED) is 0.788. The first-order valence-electron chi connectivity index (χ1n) is 7.53. The molecule has 23 heavy (non-hydrogen) atoms. The minimum Gasteiger partial charge on any atom is -0.493 e. The molecule has 1 fully saturated rings. The molecule has 0 aromatic heterocycles. The lowest BCUT2D eigenvalue weighted by Crippen LogP contribution is -2.16. The van der Waals surface area contributed by atoms with Gasteiger partial charge in [-0.2, -0.15) is 0 Å². The van der Waals surface area contributed by atoms with Crippen LogP contribution in [0.1, 0.15) is 24.0 Å². The molecule has 0 saturated heterocycles. The third kappa shape index (κ3) is 4.77. The van der Waals surface area contributed by atoms with Gasteiger partial charge in [0.25, 0.3) is 0 Å². The van der Waals surface area contributed by atoms with E-state index in [0.29, 0.717) is 12.6 Å². The van der Waals surface area contributed by atoms with E-state index in [9.17, 15) is 0 Å². The van der Waals surface area contributed by atoms with E-state index in [2.05, 4.69) is 11.4 Å². The normalized spacial score (nSPS) is 13.3. The van der Waals surface area contributed by atoms with Gasteiger partial charge in [0.2, 0.25) is 0 Å². The highest BCUT2D eigenvalue weighted by atomic mass is 35.5. The molecule has 0 amide bonds. The van der Waals surface area contributed by atoms with Crippen LogP contribution in [0.2, 0.25) is 5.02 Å². The molecule has 0 aliphatic heterocycles. The summed E-state index contributed by atoms with van der Waals surface area (Å²) < 4.78 is 11.5. The lowest BCUT2D eigenvalue weighted by atomic mass is 10.1. The second-order valence-corrected chi connectivity index (χ2v) is 5.89. The van der Waals surface area contributed by atoms with Crippen molar-refractivity contribution >= 4 is 24.0 Å². The summed E-state index contributed by atoms with van der Waals surface area (Å²) in [5.74, 6) is 1.54. The smallest absolute Gasteiger partial charge is 0.166 e. The first-order chi connectivity index (χ1) is 10.8. The molecule has 5 heteroatoms. The van der Waals surface area contributed by atoms with Crippen LogP contribution in [0.5, 0.6) is 11.5 Å². The van der Waals surface area contributed by atoms with Crippen LogP contribution in [0, 0.1) is 0 Å². The van der Waals surface area contributed by atoms with Crippen molar-refractivity contribution < 1.29 is 9.47 Å². The Morgan fingerprint density at radius 2 is 1.83 bits per heavy atom. The van der Waals surface area contributed by atoms with Crippen LogP contribution < -0.4 is 14.8 Å². The van der Waals surface area contributed by atoms with Crippen LogP contribution in [-0.4, -0.2) is 13.2 Å². The van der Waals surface area contributed by atoms with E-state index in [1.807, 2.05) is 36.4 Å². The molecule has 3 rings (SSSR count). The number of rotatable bonds is 7. The molecule has 0 bridgehead atoms. The average Bonchev–Trinajstić information content (AvgIpc) is 3.36. The first-order valence-corrected chi connectivity index (χ1v) is 7.91. The minimum atomic E-state index is 0. The Morgan fingerprint density at radius 3 is 2.52 bits per heavy atom. The number of halogens is 2. The molecular weight excluding hydrogens is 333 g/mol. The van der Waals surface area contributed by atoms with E-state index < -0.39 is 0 Å². The van der Waals surface area contributed by atoms with E-state index in [1.165, 1.54) is 12.8 Å². The van der Waals surface area contributed by atoms with E-state index in [1.54, 1.807) is 7.11 Å². The highest BCUT2D eigenvalue weighted by Gasteiger charge is 2.21. The van der Waals surface area contributed by atoms with Crippen molar-refractivity contribution in [1.29, 1.82) is 0 Å². The predicted molar refractivity (Wildman–Crippen MR) is 95.9 cm³/mol. The Morgan fingerprint density at radius 1 is 1.09 bits per heavy atom. The largest absolute Gasteiger partial charge is 0.493 e. The standard InChI is InChI=1S/C18H20ClNO2.ClH/c1-21-17-8-4-6-13(11-20-15-9-10-15)18(17)22-12-14-5-2-3-7-16(14)19;/h2-8,15,20H,9-12H2,1H3;1H. The van der Waals surface area contributed by atoms with Crippen LogP contribution >= 0.6 is 24.0 Å². The Hall–Kier alpha value is -1.42. The molecular formula is C18H21Cl2NO2. The first kappa shape index (κ1) is 17.9. The molecule has 0 radical (unpaired) electrons. The summed E-state index contributed by atoms with van der Waals surface area (Å²) in [7, 11) is 1.66. The average molecular weight is 354 g/mol. The Bertz CT molecular complexity index is 645. The van der Waals surface area contributed by atoms with E-state index in [4.69, 9.17) is 21.1 Å². The van der Waals surface area contributed by atoms with Crippen molar-refractivity contribution in [3.8, 4) is 11.5 Å². The zero-order valence-corrected chi connectivity index (χ0v) is 14.6. The molecule has 1 aliphatic rings. The molecule has 0 heterocycles. The van der Waals surface area contributed by atoms with Gasteiger partial charge in [-0.25, -0.2) is 0 Å². The van der Waals surface area contributed by atoms with Gasteiger partial charge in [-0.05, 0) is 25.0 Å². The van der Waals surface area contributed by atoms with Crippen LogP contribution in [0.3, 0.4) is 0 Å². The summed E-state index contributed by atoms with van der Waals surface area (Å²) in [6.45, 7) is 1.22. The molecule has 0 unspecified atom stereocenters. The predicted octanol–water partition coefficient (Wildman–Crippen LogP) is 4.60. The fourth-order valence-corrected chi connectivity index (χ4v) is 2.52. The maximum atomic E-state index is 6.19. The number of hydrogen-bond acceptors (Lipinski definition) is 3. The Kier molecular flexibility index (Phi) is 6.58. The van der Waals surface area contributed by atoms with Gasteiger partial charge in [-0.1, -0.05) is 41.9 Å². The number of benzene rings is 2. The number of hydrogen-bond donors (Lipinski definition) is 1. The lowest BCUT2D eigenvalue weighted by molar-refractivity contribution is 0.280. The Balaban J connectivity index is 0.00000192. The van der Waals surface area contributed by atoms with Crippen molar-refractivity contribution in [2.24, 2.45) is 0 Å². The van der Waals surface area contributed by atoms with Gasteiger partial charge in [0, 0.05) is 28.7 Å². The molecule has 2 aromatic carbocycles. The number of methoxy groups -OCH3 is 1. The zero-order valence-electron chi connectivity index (χ0n) is 13.0. The molecule has 2 aromatic rings. The topological polar surface area (TPSA) is 30.5 Å². The van der Waals surface area contributed by atoms with Gasteiger partial charge in [-0.15, -0.1) is 12.4 Å². The zero-order chi connectivity index (χ0) is 15.4. The highest BCUT2D eigenvalue weighted by molar-refractivity contribution is 6.31. The summed E-state index contributed by atoms with van der Waals surface area (Å²) in [6.07, 6.45) is 2.53. The van der Waals surface area contributed by atoms with Gasteiger partial charge in [-0.3, -0.25) is 0 Å². The van der Waals surface area contributed by atoms with Gasteiger partial charge < -0.3 is 14.8 Å². The molecule has 1 N–H and O–H groups in total. The summed E-state index contributed by atoms with van der Waals surface area (Å²) in [5, 5.41) is 4.23. The van der Waals surface area contributed by atoms with E-state index >= 15 is 0 Å². The van der Waals surface area contributed by atoms with E-state index in [-0.39, 0.29) is 12.4 Å². The molecule has 3 nitrogen and oxygen atoms in total. The number of para-hydroxylation sites is 1. The maximum absolute atomic E-state index is 6.19. The van der Waals surface area contributed by atoms with Crippen molar-refractivity contribution in [3.63, 3.8) is 0 Å². The third-order valence-electron chi connectivity index (χ3n) is 3.77. The van der Waals surface area contributed by atoms with Crippen molar-refractivity contribution in [2.75, 3.05) is 7.11 Å². The lowest BCUT2D eigenvalue weighted by Gasteiger charge is -2.16. The van der Waals surface area contributed by atoms with Crippen LogP contribution in [-0.2, 0) is 13.2 Å². The van der Waals surface area contributed by atoms with Gasteiger partial charge in [0.05, 0.1) is 7.11 Å². The molecule has 0 spiro atoms. The molecule has 1 aliphatic carbocycles. The summed E-state index contributed by atoms with van der Waals surface area (Å²) in [6, 6.07) is 14.4. The monoisotopic (exact) mass is 353 g/mol. The molecule has 0 atom stereocenters. The van der Waals surface area contributed by atoms with Gasteiger partial charge in [0.15, 0.2) is 11.5 Å². The fourth-order valence-electron chi connectivity index (χ4n) is 2.33. The second kappa shape index (κ2) is 8.44. The van der Waals surface area contributed by atoms with Crippen molar-refractivity contribution in [2.45, 2.75) is 32.0 Å².